The lowest BCUT2D eigenvalue weighted by Crippen LogP contribution is -2.27. The van der Waals surface area contributed by atoms with E-state index in [-0.39, 0.29) is 18.9 Å². The van der Waals surface area contributed by atoms with Crippen LogP contribution in [0.25, 0.3) is 0 Å². The van der Waals surface area contributed by atoms with Crippen LogP contribution < -0.4 is 10.6 Å². The molecule has 0 rings (SSSR count). The normalized spacial score (nSPS) is 10.1. The third-order valence-electron chi connectivity index (χ3n) is 1.68. The first-order valence-electron chi connectivity index (χ1n) is 5.20. The molecule has 0 fully saturated rings. The van der Waals surface area contributed by atoms with E-state index in [1.807, 2.05) is 7.05 Å². The lowest BCUT2D eigenvalue weighted by molar-refractivity contribution is -0.517. The Balaban J connectivity index is 3.18. The molecule has 0 atom stereocenters. The van der Waals surface area contributed by atoms with E-state index in [2.05, 4.69) is 10.6 Å². The van der Waals surface area contributed by atoms with Gasteiger partial charge >= 0.3 is 0 Å². The Morgan fingerprint density at radius 3 is 2.44 bits per heavy atom. The van der Waals surface area contributed by atoms with Crippen LogP contribution >= 0.6 is 21.6 Å². The molecule has 7 heteroatoms. The summed E-state index contributed by atoms with van der Waals surface area (Å²) < 4.78 is 0.766. The third-order valence-corrected chi connectivity index (χ3v) is 4.09. The summed E-state index contributed by atoms with van der Waals surface area (Å²) in [6.07, 6.45) is 0.275. The van der Waals surface area contributed by atoms with Crippen LogP contribution in [0.4, 0.5) is 0 Å². The van der Waals surface area contributed by atoms with E-state index in [0.717, 1.165) is 22.8 Å². The highest BCUT2D eigenvalue weighted by molar-refractivity contribution is 8.76. The summed E-state index contributed by atoms with van der Waals surface area (Å²) in [5, 5.41) is 5.84. The Bertz CT molecular complexity index is 215. The van der Waals surface area contributed by atoms with Crippen LogP contribution in [-0.4, -0.2) is 55.9 Å². The first-order valence-corrected chi connectivity index (χ1v) is 7.69. The minimum atomic E-state index is -0.0523. The van der Waals surface area contributed by atoms with E-state index in [0.29, 0.717) is 6.54 Å². The summed E-state index contributed by atoms with van der Waals surface area (Å²) in [7, 11) is 6.89. The Kier molecular flexibility index (Phi) is 11.0. The van der Waals surface area contributed by atoms with Gasteiger partial charge in [0, 0.05) is 29.5 Å². The lowest BCUT2D eigenvalue weighted by Gasteiger charge is -2.03. The smallest absolute Gasteiger partial charge is 0.226 e. The molecule has 16 heavy (non-hydrogen) atoms. The fraction of sp³-hybridized carbons (Fsp3) is 0.889. The minimum absolute atomic E-state index is 0.0523. The monoisotopic (exact) mass is 266 g/mol. The molecule has 0 spiro atoms. The predicted octanol–water partition coefficient (Wildman–Crippen LogP) is 0.502. The minimum Gasteiger partial charge on any atom is -0.355 e. The largest absolute Gasteiger partial charge is 0.355 e. The van der Waals surface area contributed by atoms with E-state index in [9.17, 15) is 9.70 Å². The molecule has 0 unspecified atom stereocenters. The van der Waals surface area contributed by atoms with Gasteiger partial charge in [0.25, 0.3) is 0 Å². The highest BCUT2D eigenvalue weighted by Gasteiger charge is 2.05. The van der Waals surface area contributed by atoms with Gasteiger partial charge in [0.15, 0.2) is 13.6 Å². The van der Waals surface area contributed by atoms with Gasteiger partial charge in [-0.2, -0.15) is 0 Å². The van der Waals surface area contributed by atoms with Gasteiger partial charge in [0.05, 0.1) is 6.42 Å². The number of nitrogens with zero attached hydrogens (tertiary/aromatic N) is 1. The number of hydrogen-bond donors (Lipinski definition) is 2. The second-order valence-corrected chi connectivity index (χ2v) is 5.90. The molecule has 0 aliphatic carbocycles. The van der Waals surface area contributed by atoms with Crippen molar-refractivity contribution in [2.45, 2.75) is 6.42 Å². The van der Waals surface area contributed by atoms with Crippen molar-refractivity contribution < 1.29 is 9.55 Å². The van der Waals surface area contributed by atoms with Crippen LogP contribution in [-0.2, 0) is 4.79 Å². The van der Waals surface area contributed by atoms with Gasteiger partial charge in [-0.1, -0.05) is 21.6 Å². The van der Waals surface area contributed by atoms with Crippen molar-refractivity contribution in [1.29, 1.82) is 0 Å². The molecule has 0 aliphatic rings. The van der Waals surface area contributed by atoms with Gasteiger partial charge in [-0.25, -0.2) is 0 Å². The Labute approximate surface area is 104 Å². The molecule has 0 saturated carbocycles. The van der Waals surface area contributed by atoms with E-state index in [1.54, 1.807) is 21.6 Å². The van der Waals surface area contributed by atoms with Gasteiger partial charge < -0.3 is 10.6 Å². The number of nitroso groups, excluding NO2 is 1. The predicted molar refractivity (Wildman–Crippen MR) is 70.9 cm³/mol. The van der Waals surface area contributed by atoms with Crippen LogP contribution in [0.5, 0.6) is 0 Å². The van der Waals surface area contributed by atoms with Gasteiger partial charge in [-0.15, -0.1) is 0 Å². The van der Waals surface area contributed by atoms with Crippen molar-refractivity contribution in [3.8, 4) is 0 Å². The molecule has 0 radical (unpaired) electrons. The fourth-order valence-corrected chi connectivity index (χ4v) is 2.76. The lowest BCUT2D eigenvalue weighted by atomic mass is 10.4. The first-order chi connectivity index (χ1) is 7.66. The van der Waals surface area contributed by atoms with Crippen molar-refractivity contribution in [2.75, 3.05) is 45.2 Å². The summed E-state index contributed by atoms with van der Waals surface area (Å²) in [4.78, 5) is 21.7. The number of hydrogen-bond acceptors (Lipinski definition) is 5. The number of rotatable bonds is 10. The quantitative estimate of drug-likeness (QED) is 0.343. The van der Waals surface area contributed by atoms with Crippen molar-refractivity contribution in [3.63, 3.8) is 0 Å². The van der Waals surface area contributed by atoms with E-state index >= 15 is 0 Å². The Morgan fingerprint density at radius 2 is 1.88 bits per heavy atom. The molecule has 5 nitrogen and oxygen atoms in total. The average molecular weight is 266 g/mol. The van der Waals surface area contributed by atoms with Crippen molar-refractivity contribution in [1.82, 2.24) is 10.6 Å². The summed E-state index contributed by atoms with van der Waals surface area (Å²) >= 11 is 0. The van der Waals surface area contributed by atoms with Gasteiger partial charge in [0.2, 0.25) is 5.91 Å². The highest BCUT2D eigenvalue weighted by atomic mass is 33.1. The fourth-order valence-electron chi connectivity index (χ4n) is 0.841. The maximum absolute atomic E-state index is 11.2. The zero-order valence-corrected chi connectivity index (χ0v) is 11.5. The zero-order chi connectivity index (χ0) is 12.2. The summed E-state index contributed by atoms with van der Waals surface area (Å²) in [6.45, 7) is 1.92. The van der Waals surface area contributed by atoms with Crippen LogP contribution in [0.15, 0.2) is 0 Å². The van der Waals surface area contributed by atoms with Crippen molar-refractivity contribution >= 4 is 27.5 Å². The Hall–Kier alpha value is -0.270. The van der Waals surface area contributed by atoms with Crippen LogP contribution in [0.1, 0.15) is 6.42 Å². The molecule has 0 heterocycles. The Morgan fingerprint density at radius 1 is 1.25 bits per heavy atom. The number of carbonyl (C=O) groups is 1. The molecule has 1 amide bonds. The SMILES string of the molecule is CNCCSSCCNC(=O)CC[N+](C)=O. The highest BCUT2D eigenvalue weighted by Crippen LogP contribution is 2.18. The maximum atomic E-state index is 11.2. The molecule has 2 N–H and O–H groups in total. The van der Waals surface area contributed by atoms with Gasteiger partial charge in [-0.3, -0.25) is 4.79 Å². The molecule has 0 aliphatic heterocycles. The summed E-state index contributed by atoms with van der Waals surface area (Å²) in [5.41, 5.74) is 0. The molecule has 0 bridgehead atoms. The van der Waals surface area contributed by atoms with Crippen LogP contribution in [0.2, 0.25) is 0 Å². The van der Waals surface area contributed by atoms with E-state index in [4.69, 9.17) is 0 Å². The second-order valence-electron chi connectivity index (χ2n) is 3.20. The standard InChI is InChI=1S/C9H19N3O2S2/c1-10-4-7-15-16-8-5-11-9(13)3-6-12(2)14/h10H,3-8H2,1-2H3/p+1. The third kappa shape index (κ3) is 11.8. The maximum Gasteiger partial charge on any atom is 0.226 e. The number of carbonyl (C=O) groups excluding carboxylic acids is 1. The van der Waals surface area contributed by atoms with Crippen molar-refractivity contribution in [2.24, 2.45) is 0 Å². The summed E-state index contributed by atoms with van der Waals surface area (Å²) in [5.74, 6) is 1.91. The van der Waals surface area contributed by atoms with Crippen LogP contribution in [0, 0.1) is 4.91 Å². The molecule has 0 aromatic carbocycles. The zero-order valence-electron chi connectivity index (χ0n) is 9.82. The topological polar surface area (TPSA) is 61.2 Å². The molecular weight excluding hydrogens is 246 g/mol. The number of amides is 1. The van der Waals surface area contributed by atoms with Gasteiger partial charge in [-0.05, 0) is 11.8 Å². The first kappa shape index (κ1) is 15.7. The average Bonchev–Trinajstić information content (AvgIpc) is 2.25. The van der Waals surface area contributed by atoms with Crippen LogP contribution in [0.3, 0.4) is 0 Å². The van der Waals surface area contributed by atoms with Crippen molar-refractivity contribution in [3.05, 3.63) is 4.91 Å². The molecule has 0 aromatic heterocycles. The molecular formula is C9H20N3O2S2+. The molecule has 94 valence electrons. The second kappa shape index (κ2) is 11.2. The van der Waals surface area contributed by atoms with Gasteiger partial charge in [0.1, 0.15) is 0 Å². The molecule has 0 aromatic rings. The molecule has 0 saturated heterocycles. The number of nitrogens with one attached hydrogen (secondary N) is 2. The van der Waals surface area contributed by atoms with E-state index in [1.165, 1.54) is 7.05 Å². The summed E-state index contributed by atoms with van der Waals surface area (Å²) in [6, 6.07) is 0. The van der Waals surface area contributed by atoms with E-state index < -0.39 is 0 Å².